The number of aromatic hydroxyl groups is 5. The van der Waals surface area contributed by atoms with Crippen LogP contribution in [-0.4, -0.2) is 54.5 Å². The topological polar surface area (TPSA) is 143 Å². The summed E-state index contributed by atoms with van der Waals surface area (Å²) in [4.78, 5) is 0. The zero-order valence-electron chi connectivity index (χ0n) is 32.8. The van der Waals surface area contributed by atoms with Gasteiger partial charge in [0.2, 0.25) is 0 Å². The van der Waals surface area contributed by atoms with Gasteiger partial charge in [0.15, 0.2) is 23.0 Å². The molecule has 4 aromatic carbocycles. The second kappa shape index (κ2) is 16.0. The van der Waals surface area contributed by atoms with Crippen LogP contribution in [0.25, 0.3) is 22.9 Å². The molecule has 8 heteroatoms. The smallest absolute Gasteiger partial charge is 0.169 e. The van der Waals surface area contributed by atoms with Crippen LogP contribution in [0.4, 0.5) is 0 Å². The highest BCUT2D eigenvalue weighted by Gasteiger charge is 2.64. The maximum absolute atomic E-state index is 11.4. The third kappa shape index (κ3) is 7.25. The molecular weight excluding hydrogens is 703 g/mol. The van der Waals surface area contributed by atoms with Crippen LogP contribution < -0.4 is 5.32 Å². The molecule has 2 saturated heterocycles. The highest BCUT2D eigenvalue weighted by Crippen LogP contribution is 2.64. The van der Waals surface area contributed by atoms with Crippen molar-refractivity contribution in [2.75, 3.05) is 0 Å². The summed E-state index contributed by atoms with van der Waals surface area (Å²) in [5.74, 6) is -0.579. The van der Waals surface area contributed by atoms with E-state index in [1.54, 1.807) is 18.2 Å². The quantitative estimate of drug-likeness (QED) is 0.0430. The summed E-state index contributed by atoms with van der Waals surface area (Å²) in [5, 5.41) is 68.7. The fourth-order valence-corrected chi connectivity index (χ4v) is 11.3. The number of rotatable bonds is 12. The summed E-state index contributed by atoms with van der Waals surface area (Å²) in [6.07, 6.45) is 20.3. The van der Waals surface area contributed by atoms with Crippen molar-refractivity contribution in [1.82, 2.24) is 5.32 Å². The van der Waals surface area contributed by atoms with Gasteiger partial charge in [-0.25, -0.2) is 0 Å². The minimum atomic E-state index is -0.347. The van der Waals surface area contributed by atoms with E-state index >= 15 is 0 Å². The minimum Gasteiger partial charge on any atom is -0.507 e. The molecule has 0 radical (unpaired) electrons. The molecule has 2 saturated carbocycles. The highest BCUT2D eigenvalue weighted by molar-refractivity contribution is 6.03. The molecule has 56 heavy (non-hydrogen) atoms. The molecule has 0 aromatic heterocycles. The monoisotopic (exact) mass is 761 g/mol. The van der Waals surface area contributed by atoms with Gasteiger partial charge in [0.25, 0.3) is 0 Å². The van der Waals surface area contributed by atoms with Crippen LogP contribution in [0.2, 0.25) is 0 Å². The minimum absolute atomic E-state index is 0.113. The van der Waals surface area contributed by atoms with E-state index in [9.17, 15) is 30.6 Å². The van der Waals surface area contributed by atoms with Gasteiger partial charge in [0.05, 0.1) is 23.2 Å². The number of aliphatic hydroxyl groups is 1. The fourth-order valence-electron chi connectivity index (χ4n) is 11.3. The molecule has 4 fully saturated rings. The van der Waals surface area contributed by atoms with Gasteiger partial charge in [-0.3, -0.25) is 0 Å². The van der Waals surface area contributed by atoms with Crippen molar-refractivity contribution >= 4 is 22.9 Å². The first kappa shape index (κ1) is 38.6. The van der Waals surface area contributed by atoms with Crippen LogP contribution >= 0.6 is 0 Å². The van der Waals surface area contributed by atoms with Crippen molar-refractivity contribution in [3.63, 3.8) is 0 Å². The molecule has 298 valence electrons. The second-order valence-corrected chi connectivity index (χ2v) is 17.4. The zero-order valence-corrected chi connectivity index (χ0v) is 32.8. The van der Waals surface area contributed by atoms with Gasteiger partial charge in [-0.05, 0) is 141 Å². The van der Waals surface area contributed by atoms with E-state index in [4.69, 9.17) is 4.74 Å². The Hall–Kier alpha value is -4.24. The molecule has 6 atom stereocenters. The number of phenolic OH excluding ortho intramolecular Hbond substituents is 5. The van der Waals surface area contributed by atoms with E-state index < -0.39 is 0 Å². The number of unbranched alkanes of at least 4 members (excludes halogenated alkanes) is 2. The molecule has 2 heterocycles. The van der Waals surface area contributed by atoms with Crippen LogP contribution in [-0.2, 0) is 30.5 Å². The average molecular weight is 762 g/mol. The third-order valence-electron chi connectivity index (χ3n) is 14.1. The predicted octanol–water partition coefficient (Wildman–Crippen LogP) is 9.56. The van der Waals surface area contributed by atoms with Crippen molar-refractivity contribution in [3.05, 3.63) is 88.0 Å². The zero-order chi connectivity index (χ0) is 39.0. The number of nitrogens with one attached hydrogen (secondary N) is 1. The third-order valence-corrected chi connectivity index (χ3v) is 14.1. The molecule has 0 amide bonds. The maximum Gasteiger partial charge on any atom is 0.169 e. The SMILES string of the molecule is CCCCCc1cc(CCc2c(O)c(O)c3c(O)cccc3c2C=Cc2ccc(O)c(O)c2)ccc1CN[C@@H]1C[C@@H]2CC[C@@H]3CCC[C@]4(CC[C@H](O)C4)[C@]3(C1)O2. The Morgan fingerprint density at radius 3 is 2.46 bits per heavy atom. The Balaban J connectivity index is 1.04. The van der Waals surface area contributed by atoms with Gasteiger partial charge in [0.1, 0.15) is 5.75 Å². The molecule has 8 nitrogen and oxygen atoms in total. The van der Waals surface area contributed by atoms with Gasteiger partial charge in [-0.2, -0.15) is 0 Å². The van der Waals surface area contributed by atoms with Crippen molar-refractivity contribution < 1.29 is 35.4 Å². The number of phenols is 5. The van der Waals surface area contributed by atoms with Crippen LogP contribution in [0.3, 0.4) is 0 Å². The van der Waals surface area contributed by atoms with E-state index in [-0.39, 0.29) is 51.3 Å². The van der Waals surface area contributed by atoms with E-state index in [1.807, 2.05) is 12.1 Å². The lowest BCUT2D eigenvalue weighted by Crippen LogP contribution is -2.66. The molecule has 4 aliphatic rings. The number of benzene rings is 4. The van der Waals surface area contributed by atoms with E-state index in [0.29, 0.717) is 53.0 Å². The Morgan fingerprint density at radius 2 is 1.66 bits per heavy atom. The van der Waals surface area contributed by atoms with Gasteiger partial charge in [-0.1, -0.05) is 74.7 Å². The first-order valence-electron chi connectivity index (χ1n) is 21.2. The summed E-state index contributed by atoms with van der Waals surface area (Å²) in [6.45, 7) is 3.04. The number of aryl methyl sites for hydroxylation is 2. The normalized spacial score (nSPS) is 27.3. The first-order chi connectivity index (χ1) is 27.1. The molecular formula is C48H59NO7. The van der Waals surface area contributed by atoms with Crippen molar-refractivity contribution in [2.45, 2.75) is 140 Å². The Labute approximate surface area is 330 Å². The molecule has 2 aliphatic carbocycles. The number of fused-ring (bicyclic) bond motifs is 2. The molecule has 2 bridgehead atoms. The molecule has 8 rings (SSSR count). The van der Waals surface area contributed by atoms with Crippen LogP contribution in [0.15, 0.2) is 54.6 Å². The van der Waals surface area contributed by atoms with Crippen LogP contribution in [0, 0.1) is 11.3 Å². The molecule has 7 N–H and O–H groups in total. The first-order valence-corrected chi connectivity index (χ1v) is 21.2. The molecule has 2 aliphatic heterocycles. The van der Waals surface area contributed by atoms with Crippen molar-refractivity contribution in [2.24, 2.45) is 11.3 Å². The number of hydrogen-bond acceptors (Lipinski definition) is 8. The predicted molar refractivity (Wildman–Crippen MR) is 221 cm³/mol. The van der Waals surface area contributed by atoms with Gasteiger partial charge < -0.3 is 40.7 Å². The summed E-state index contributed by atoms with van der Waals surface area (Å²) in [6, 6.07) is 16.8. The average Bonchev–Trinajstić information content (AvgIpc) is 3.57. The number of ether oxygens (including phenoxy) is 1. The Bertz CT molecular complexity index is 2090. The van der Waals surface area contributed by atoms with E-state index in [1.165, 1.54) is 61.4 Å². The summed E-state index contributed by atoms with van der Waals surface area (Å²) in [5.41, 5.74) is 5.70. The van der Waals surface area contributed by atoms with E-state index in [0.717, 1.165) is 69.9 Å². The van der Waals surface area contributed by atoms with Gasteiger partial charge >= 0.3 is 0 Å². The maximum atomic E-state index is 11.4. The summed E-state index contributed by atoms with van der Waals surface area (Å²) >= 11 is 0. The standard InChI is InChI=1S/C48H59NO7/c1-2-3-4-7-32-24-30(11-15-33(32)29-49-35-26-37-17-16-34-8-6-22-47(23-21-36(50)28-47)48(34,27-35)56-37)13-19-40-38(18-12-31-14-20-41(51)43(53)25-31)39-9-5-10-42(52)44(39)46(55)45(40)54/h5,9-12,14-15,18,20,24-25,34-37,49-55H,2-4,6-8,13,16-17,19,21-23,26-29H2,1H3/t34-,35+,36-,37-,47+,48+/m0/s1. The summed E-state index contributed by atoms with van der Waals surface area (Å²) < 4.78 is 7.13. The lowest BCUT2D eigenvalue weighted by Gasteiger charge is -2.63. The van der Waals surface area contributed by atoms with Crippen molar-refractivity contribution in [3.8, 4) is 28.7 Å². The number of hydrogen-bond donors (Lipinski definition) is 7. The fraction of sp³-hybridized carbons (Fsp3) is 0.500. The number of aliphatic hydroxyl groups excluding tert-OH is 1. The Morgan fingerprint density at radius 1 is 0.786 bits per heavy atom. The van der Waals surface area contributed by atoms with Gasteiger partial charge in [-0.15, -0.1) is 0 Å². The van der Waals surface area contributed by atoms with E-state index in [2.05, 4.69) is 30.4 Å². The largest absolute Gasteiger partial charge is 0.507 e. The molecule has 0 unspecified atom stereocenters. The lowest BCUT2D eigenvalue weighted by atomic mass is 9.52. The van der Waals surface area contributed by atoms with Gasteiger partial charge in [0, 0.05) is 23.6 Å². The highest BCUT2D eigenvalue weighted by atomic mass is 16.5. The summed E-state index contributed by atoms with van der Waals surface area (Å²) in [7, 11) is 0. The second-order valence-electron chi connectivity index (χ2n) is 17.4. The molecule has 4 aromatic rings. The van der Waals surface area contributed by atoms with Crippen LogP contribution in [0.5, 0.6) is 28.7 Å². The Kier molecular flexibility index (Phi) is 11.0. The lowest BCUT2D eigenvalue weighted by molar-refractivity contribution is -0.270. The van der Waals surface area contributed by atoms with Crippen LogP contribution in [0.1, 0.15) is 124 Å². The van der Waals surface area contributed by atoms with Crippen molar-refractivity contribution in [1.29, 1.82) is 0 Å². The molecule has 2 spiro atoms.